The van der Waals surface area contributed by atoms with Crippen molar-refractivity contribution >= 4 is 17.2 Å². The van der Waals surface area contributed by atoms with Crippen molar-refractivity contribution in [3.05, 3.63) is 76.0 Å². The van der Waals surface area contributed by atoms with Gasteiger partial charge in [-0.15, -0.1) is 11.3 Å². The van der Waals surface area contributed by atoms with Crippen molar-refractivity contribution < 1.29 is 18.3 Å². The van der Waals surface area contributed by atoms with Gasteiger partial charge in [0.2, 0.25) is 0 Å². The molecule has 154 valence electrons. The third kappa shape index (κ3) is 3.38. The smallest absolute Gasteiger partial charge is 0.257 e. The molecule has 1 fully saturated rings. The summed E-state index contributed by atoms with van der Waals surface area (Å²) >= 11 is 1.71. The minimum atomic E-state index is -0.645. The van der Waals surface area contributed by atoms with Gasteiger partial charge in [-0.25, -0.2) is 8.78 Å². The van der Waals surface area contributed by atoms with E-state index in [-0.39, 0.29) is 23.6 Å². The number of halogens is 2. The molecule has 3 aromatic rings. The molecule has 2 aliphatic heterocycles. The average molecular weight is 426 g/mol. The van der Waals surface area contributed by atoms with Crippen molar-refractivity contribution in [1.29, 1.82) is 0 Å². The van der Waals surface area contributed by atoms with E-state index in [9.17, 15) is 13.6 Å². The highest BCUT2D eigenvalue weighted by Crippen LogP contribution is 2.35. The molecule has 0 bridgehead atoms. The van der Waals surface area contributed by atoms with E-state index in [1.165, 1.54) is 17.0 Å². The van der Waals surface area contributed by atoms with Crippen LogP contribution in [0.25, 0.3) is 11.1 Å². The third-order valence-electron chi connectivity index (χ3n) is 5.82. The highest BCUT2D eigenvalue weighted by atomic mass is 32.1. The highest BCUT2D eigenvalue weighted by Gasteiger charge is 2.42. The Morgan fingerprint density at radius 1 is 1.10 bits per heavy atom. The normalized spacial score (nSPS) is 21.2. The van der Waals surface area contributed by atoms with Crippen LogP contribution in [-0.4, -0.2) is 48.0 Å². The number of carbonyl (C=O) groups is 1. The Kier molecular flexibility index (Phi) is 4.79. The first-order chi connectivity index (χ1) is 14.5. The fourth-order valence-electron chi connectivity index (χ4n) is 4.26. The number of carbonyl (C=O) groups excluding carboxylic acids is 1. The molecular weight excluding hydrogens is 406 g/mol. The van der Waals surface area contributed by atoms with Gasteiger partial charge in [-0.3, -0.25) is 9.69 Å². The quantitative estimate of drug-likeness (QED) is 0.622. The molecule has 0 spiro atoms. The SMILES string of the molecule is CN1C(=O)c2ccc(-c3ccc(F)cc3F)cc2O[C@H]2CN(Cc3cccs3)C[C@H]21. The van der Waals surface area contributed by atoms with Crippen LogP contribution >= 0.6 is 11.3 Å². The summed E-state index contributed by atoms with van der Waals surface area (Å²) in [6.07, 6.45) is -0.173. The molecular formula is C23H20F2N2O2S. The van der Waals surface area contributed by atoms with E-state index < -0.39 is 11.6 Å². The second-order valence-corrected chi connectivity index (χ2v) is 8.78. The number of amides is 1. The zero-order chi connectivity index (χ0) is 20.8. The monoisotopic (exact) mass is 426 g/mol. The molecule has 1 saturated heterocycles. The third-order valence-corrected chi connectivity index (χ3v) is 6.68. The molecule has 30 heavy (non-hydrogen) atoms. The number of fused-ring (bicyclic) bond motifs is 2. The summed E-state index contributed by atoms with van der Waals surface area (Å²) in [5, 5.41) is 2.06. The predicted molar refractivity (Wildman–Crippen MR) is 112 cm³/mol. The average Bonchev–Trinajstić information content (AvgIpc) is 3.35. The molecule has 7 heteroatoms. The Morgan fingerprint density at radius 2 is 1.93 bits per heavy atom. The molecule has 0 unspecified atom stereocenters. The maximum Gasteiger partial charge on any atom is 0.257 e. The fraction of sp³-hybridized carbons (Fsp3) is 0.261. The summed E-state index contributed by atoms with van der Waals surface area (Å²) in [5.41, 5.74) is 1.28. The van der Waals surface area contributed by atoms with Gasteiger partial charge < -0.3 is 9.64 Å². The number of hydrogen-bond donors (Lipinski definition) is 0. The number of likely N-dealkylation sites (tertiary alicyclic amines) is 1. The lowest BCUT2D eigenvalue weighted by molar-refractivity contribution is 0.0682. The summed E-state index contributed by atoms with van der Waals surface area (Å²) in [6.45, 7) is 2.26. The maximum atomic E-state index is 14.3. The minimum absolute atomic E-state index is 0.0594. The van der Waals surface area contributed by atoms with Crippen LogP contribution in [0.5, 0.6) is 5.75 Å². The Bertz CT molecular complexity index is 1100. The fourth-order valence-corrected chi connectivity index (χ4v) is 5.01. The molecule has 2 aliphatic rings. The zero-order valence-corrected chi connectivity index (χ0v) is 17.2. The molecule has 2 aromatic carbocycles. The van der Waals surface area contributed by atoms with Gasteiger partial charge in [0.1, 0.15) is 23.5 Å². The van der Waals surface area contributed by atoms with Gasteiger partial charge in [0.25, 0.3) is 5.91 Å². The van der Waals surface area contributed by atoms with Crippen LogP contribution in [0.1, 0.15) is 15.2 Å². The Morgan fingerprint density at radius 3 is 2.70 bits per heavy atom. The molecule has 1 amide bonds. The number of thiophene rings is 1. The summed E-state index contributed by atoms with van der Waals surface area (Å²) in [5.74, 6) is -0.938. The molecule has 0 aliphatic carbocycles. The standard InChI is InChI=1S/C23H20F2N2O2S/c1-26-20-12-27(11-16-3-2-8-30-16)13-22(20)29-21-9-14(4-6-18(21)23(26)28)17-7-5-15(24)10-19(17)25/h2-10,20,22H,11-13H2,1H3/t20-,22+/m1/s1. The lowest BCUT2D eigenvalue weighted by Gasteiger charge is -2.25. The van der Waals surface area contributed by atoms with Crippen molar-refractivity contribution in [2.24, 2.45) is 0 Å². The number of hydrogen-bond acceptors (Lipinski definition) is 4. The van der Waals surface area contributed by atoms with Crippen LogP contribution in [0.4, 0.5) is 8.78 Å². The number of likely N-dealkylation sites (N-methyl/N-ethyl adjacent to an activating group) is 1. The van der Waals surface area contributed by atoms with Crippen molar-refractivity contribution in [3.63, 3.8) is 0 Å². The number of benzene rings is 2. The van der Waals surface area contributed by atoms with Crippen LogP contribution in [0.3, 0.4) is 0 Å². The van der Waals surface area contributed by atoms with Crippen LogP contribution in [0, 0.1) is 11.6 Å². The van der Waals surface area contributed by atoms with E-state index in [2.05, 4.69) is 16.3 Å². The van der Waals surface area contributed by atoms with Crippen molar-refractivity contribution in [3.8, 4) is 16.9 Å². The van der Waals surface area contributed by atoms with E-state index in [4.69, 9.17) is 4.74 Å². The Balaban J connectivity index is 1.46. The van der Waals surface area contributed by atoms with E-state index in [1.807, 2.05) is 6.07 Å². The Hall–Kier alpha value is -2.77. The molecule has 3 heterocycles. The summed E-state index contributed by atoms with van der Waals surface area (Å²) in [6, 6.07) is 12.6. The second-order valence-electron chi connectivity index (χ2n) is 7.75. The molecule has 2 atom stereocenters. The van der Waals surface area contributed by atoms with Crippen molar-refractivity contribution in [2.45, 2.75) is 18.7 Å². The maximum absolute atomic E-state index is 14.3. The van der Waals surface area contributed by atoms with Crippen molar-refractivity contribution in [1.82, 2.24) is 9.80 Å². The van der Waals surface area contributed by atoms with Gasteiger partial charge in [-0.1, -0.05) is 12.1 Å². The van der Waals surface area contributed by atoms with Crippen molar-refractivity contribution in [2.75, 3.05) is 20.1 Å². The molecule has 5 rings (SSSR count). The number of rotatable bonds is 3. The number of nitrogens with zero attached hydrogens (tertiary/aromatic N) is 2. The summed E-state index contributed by atoms with van der Waals surface area (Å²) in [4.78, 5) is 18.4. The second kappa shape index (κ2) is 7.49. The number of ether oxygens (including phenoxy) is 1. The molecule has 1 aromatic heterocycles. The minimum Gasteiger partial charge on any atom is -0.486 e. The van der Waals surface area contributed by atoms with Gasteiger partial charge in [0.15, 0.2) is 0 Å². The van der Waals surface area contributed by atoms with Crippen LogP contribution in [-0.2, 0) is 6.54 Å². The lowest BCUT2D eigenvalue weighted by atomic mass is 10.0. The van der Waals surface area contributed by atoms with Gasteiger partial charge >= 0.3 is 0 Å². The Labute approximate surface area is 177 Å². The van der Waals surface area contributed by atoms with Gasteiger partial charge in [0, 0.05) is 43.2 Å². The van der Waals surface area contributed by atoms with E-state index in [0.717, 1.165) is 19.2 Å². The molecule has 4 nitrogen and oxygen atoms in total. The van der Waals surface area contributed by atoms with Gasteiger partial charge in [-0.05, 0) is 41.3 Å². The predicted octanol–water partition coefficient (Wildman–Crippen LogP) is 4.41. The van der Waals surface area contributed by atoms with Gasteiger partial charge in [-0.2, -0.15) is 0 Å². The molecule has 0 N–H and O–H groups in total. The van der Waals surface area contributed by atoms with E-state index in [1.54, 1.807) is 41.5 Å². The highest BCUT2D eigenvalue weighted by molar-refractivity contribution is 7.09. The van der Waals surface area contributed by atoms with Crippen LogP contribution in [0.15, 0.2) is 53.9 Å². The first kappa shape index (κ1) is 19.2. The first-order valence-electron chi connectivity index (χ1n) is 9.77. The van der Waals surface area contributed by atoms with Crippen LogP contribution in [0.2, 0.25) is 0 Å². The summed E-state index contributed by atoms with van der Waals surface area (Å²) in [7, 11) is 1.81. The zero-order valence-electron chi connectivity index (χ0n) is 16.3. The lowest BCUT2D eigenvalue weighted by Crippen LogP contribution is -2.44. The van der Waals surface area contributed by atoms with E-state index in [0.29, 0.717) is 23.4 Å². The van der Waals surface area contributed by atoms with E-state index >= 15 is 0 Å². The van der Waals surface area contributed by atoms with Crippen LogP contribution < -0.4 is 4.74 Å². The summed E-state index contributed by atoms with van der Waals surface area (Å²) < 4.78 is 33.9. The first-order valence-corrected chi connectivity index (χ1v) is 10.7. The van der Waals surface area contributed by atoms with Gasteiger partial charge in [0.05, 0.1) is 11.6 Å². The molecule has 0 radical (unpaired) electrons. The molecule has 0 saturated carbocycles. The largest absolute Gasteiger partial charge is 0.486 e. The topological polar surface area (TPSA) is 32.8 Å².